The lowest BCUT2D eigenvalue weighted by atomic mass is 10.1. The third-order valence-electron chi connectivity index (χ3n) is 5.24. The van der Waals surface area contributed by atoms with Crippen molar-refractivity contribution in [1.82, 2.24) is 15.0 Å². The van der Waals surface area contributed by atoms with Crippen molar-refractivity contribution in [3.05, 3.63) is 36.7 Å². The third kappa shape index (κ3) is 2.45. The van der Waals surface area contributed by atoms with Gasteiger partial charge < -0.3 is 10.7 Å². The van der Waals surface area contributed by atoms with Crippen molar-refractivity contribution in [3.63, 3.8) is 0 Å². The summed E-state index contributed by atoms with van der Waals surface area (Å²) in [5, 5.41) is 2.35. The minimum atomic E-state index is -1.61. The maximum absolute atomic E-state index is 6.22. The second-order valence-corrected chi connectivity index (χ2v) is 11.2. The number of nitrogen functional groups attached to an aromatic ring is 1. The van der Waals surface area contributed by atoms with E-state index in [4.69, 9.17) is 5.73 Å². The lowest BCUT2D eigenvalue weighted by Crippen LogP contribution is -2.47. The zero-order valence-corrected chi connectivity index (χ0v) is 15.1. The van der Waals surface area contributed by atoms with Gasteiger partial charge in [0, 0.05) is 10.9 Å². The SMILES string of the molecule is CC[Si](CC)(CC)c1[nH]c2ncnc(N)c2c1-c1ccccc1. The van der Waals surface area contributed by atoms with Crippen molar-refractivity contribution in [2.24, 2.45) is 0 Å². The van der Waals surface area contributed by atoms with E-state index in [2.05, 4.69) is 60.0 Å². The summed E-state index contributed by atoms with van der Waals surface area (Å²) in [6, 6.07) is 14.1. The molecule has 0 radical (unpaired) electrons. The number of hydrogen-bond donors (Lipinski definition) is 2. The number of H-pyrrole nitrogens is 1. The maximum atomic E-state index is 6.22. The molecule has 0 fully saturated rings. The van der Waals surface area contributed by atoms with Crippen LogP contribution in [0.5, 0.6) is 0 Å². The van der Waals surface area contributed by atoms with Crippen LogP contribution in [0.4, 0.5) is 5.82 Å². The normalized spacial score (nSPS) is 12.0. The molecule has 0 atom stereocenters. The Morgan fingerprint density at radius 1 is 1.00 bits per heavy atom. The van der Waals surface area contributed by atoms with Gasteiger partial charge in [0.15, 0.2) is 0 Å². The fourth-order valence-corrected chi connectivity index (χ4v) is 7.36. The van der Waals surface area contributed by atoms with Crippen LogP contribution in [-0.2, 0) is 0 Å². The van der Waals surface area contributed by atoms with Crippen molar-refractivity contribution in [2.45, 2.75) is 38.9 Å². The first-order chi connectivity index (χ1) is 11.2. The number of rotatable bonds is 5. The number of benzene rings is 1. The summed E-state index contributed by atoms with van der Waals surface area (Å²) in [6.07, 6.45) is 1.54. The average molecular weight is 325 g/mol. The molecule has 0 spiro atoms. The molecule has 23 heavy (non-hydrogen) atoms. The van der Waals surface area contributed by atoms with Crippen LogP contribution in [0, 0.1) is 0 Å². The van der Waals surface area contributed by atoms with Gasteiger partial charge in [-0.25, -0.2) is 9.97 Å². The van der Waals surface area contributed by atoms with Crippen molar-refractivity contribution < 1.29 is 0 Å². The summed E-state index contributed by atoms with van der Waals surface area (Å²) in [6.45, 7) is 6.94. The van der Waals surface area contributed by atoms with E-state index in [1.54, 1.807) is 6.33 Å². The van der Waals surface area contributed by atoms with Crippen LogP contribution in [0.2, 0.25) is 18.1 Å². The van der Waals surface area contributed by atoms with Crippen LogP contribution in [0.1, 0.15) is 20.8 Å². The van der Waals surface area contributed by atoms with E-state index in [0.29, 0.717) is 5.82 Å². The standard InChI is InChI=1S/C18H24N4Si/c1-4-23(5-2,6-3)18-14(13-10-8-7-9-11-13)15-16(19)20-12-21-17(15)22-18/h7-12H,4-6H2,1-3H3,(H3,19,20,21,22). The number of anilines is 1. The topological polar surface area (TPSA) is 67.6 Å². The summed E-state index contributed by atoms with van der Waals surface area (Å²) >= 11 is 0. The highest BCUT2D eigenvalue weighted by atomic mass is 28.3. The summed E-state index contributed by atoms with van der Waals surface area (Å²) in [4.78, 5) is 12.3. The lowest BCUT2D eigenvalue weighted by molar-refractivity contribution is 1.17. The summed E-state index contributed by atoms with van der Waals surface area (Å²) in [5.74, 6) is 0.558. The highest BCUT2D eigenvalue weighted by molar-refractivity contribution is 6.92. The van der Waals surface area contributed by atoms with Gasteiger partial charge in [-0.15, -0.1) is 0 Å². The van der Waals surface area contributed by atoms with E-state index in [-0.39, 0.29) is 0 Å². The molecule has 5 heteroatoms. The van der Waals surface area contributed by atoms with E-state index >= 15 is 0 Å². The molecule has 2 heterocycles. The highest BCUT2D eigenvalue weighted by Crippen LogP contribution is 2.33. The molecule has 4 nitrogen and oxygen atoms in total. The number of nitrogens with two attached hydrogens (primary N) is 1. The number of nitrogens with zero attached hydrogens (tertiary/aromatic N) is 2. The number of aromatic nitrogens is 3. The molecule has 3 N–H and O–H groups in total. The van der Waals surface area contributed by atoms with Crippen molar-refractivity contribution in [2.75, 3.05) is 5.73 Å². The van der Waals surface area contributed by atoms with Crippen LogP contribution >= 0.6 is 0 Å². The number of nitrogens with one attached hydrogen (secondary N) is 1. The van der Waals surface area contributed by atoms with Gasteiger partial charge in [0.05, 0.1) is 5.39 Å². The molecule has 120 valence electrons. The minimum absolute atomic E-state index is 0.558. The Morgan fingerprint density at radius 3 is 2.26 bits per heavy atom. The fraction of sp³-hybridized carbons (Fsp3) is 0.333. The predicted octanol–water partition coefficient (Wildman–Crippen LogP) is 3.92. The zero-order chi connectivity index (χ0) is 16.4. The van der Waals surface area contributed by atoms with Crippen LogP contribution in [0.3, 0.4) is 0 Å². The quantitative estimate of drug-likeness (QED) is 0.699. The van der Waals surface area contributed by atoms with Gasteiger partial charge in [-0.1, -0.05) is 69.2 Å². The number of hydrogen-bond acceptors (Lipinski definition) is 3. The maximum Gasteiger partial charge on any atom is 0.143 e. The molecule has 3 aromatic rings. The van der Waals surface area contributed by atoms with E-state index in [0.717, 1.165) is 11.0 Å². The Hall–Kier alpha value is -2.14. The Labute approximate surface area is 138 Å². The van der Waals surface area contributed by atoms with Crippen LogP contribution < -0.4 is 11.1 Å². The van der Waals surface area contributed by atoms with E-state index in [1.165, 1.54) is 34.6 Å². The first-order valence-corrected chi connectivity index (χ1v) is 11.0. The third-order valence-corrected chi connectivity index (χ3v) is 10.7. The second-order valence-electron chi connectivity index (χ2n) is 6.06. The Balaban J connectivity index is 2.41. The monoisotopic (exact) mass is 324 g/mol. The van der Waals surface area contributed by atoms with Gasteiger partial charge in [0.25, 0.3) is 0 Å². The average Bonchev–Trinajstić information content (AvgIpc) is 2.99. The van der Waals surface area contributed by atoms with Crippen LogP contribution in [0.25, 0.3) is 22.2 Å². The predicted molar refractivity (Wildman–Crippen MR) is 101 cm³/mol. The van der Waals surface area contributed by atoms with Gasteiger partial charge in [-0.3, -0.25) is 0 Å². The molecule has 0 aliphatic rings. The second kappa shape index (κ2) is 6.16. The van der Waals surface area contributed by atoms with Gasteiger partial charge in [-0.2, -0.15) is 0 Å². The van der Waals surface area contributed by atoms with Crippen LogP contribution in [-0.4, -0.2) is 23.0 Å². The molecule has 0 unspecified atom stereocenters. The van der Waals surface area contributed by atoms with Crippen molar-refractivity contribution in [1.29, 1.82) is 0 Å². The largest absolute Gasteiger partial charge is 0.383 e. The van der Waals surface area contributed by atoms with Crippen LogP contribution in [0.15, 0.2) is 36.7 Å². The molecule has 1 aromatic carbocycles. The van der Waals surface area contributed by atoms with Crippen molar-refractivity contribution >= 4 is 30.2 Å². The zero-order valence-electron chi connectivity index (χ0n) is 14.1. The van der Waals surface area contributed by atoms with E-state index in [9.17, 15) is 0 Å². The molecule has 2 aromatic heterocycles. The summed E-state index contributed by atoms with van der Waals surface area (Å²) < 4.78 is 0. The fourth-order valence-electron chi connectivity index (χ4n) is 3.62. The molecular formula is C18H24N4Si. The van der Waals surface area contributed by atoms with E-state index < -0.39 is 8.07 Å². The smallest absolute Gasteiger partial charge is 0.143 e. The Morgan fingerprint density at radius 2 is 1.65 bits per heavy atom. The van der Waals surface area contributed by atoms with Gasteiger partial charge in [0.1, 0.15) is 25.9 Å². The number of aromatic amines is 1. The molecule has 0 saturated heterocycles. The lowest BCUT2D eigenvalue weighted by Gasteiger charge is -2.28. The summed E-state index contributed by atoms with van der Waals surface area (Å²) in [7, 11) is -1.61. The molecule has 3 rings (SSSR count). The Bertz CT molecular complexity index is 798. The molecule has 0 saturated carbocycles. The van der Waals surface area contributed by atoms with E-state index in [1.807, 2.05) is 6.07 Å². The van der Waals surface area contributed by atoms with Crippen molar-refractivity contribution in [3.8, 4) is 11.1 Å². The molecule has 0 bridgehead atoms. The van der Waals surface area contributed by atoms with Gasteiger partial charge in [0.2, 0.25) is 0 Å². The first-order valence-electron chi connectivity index (χ1n) is 8.34. The molecular weight excluding hydrogens is 300 g/mol. The van der Waals surface area contributed by atoms with Gasteiger partial charge in [-0.05, 0) is 5.56 Å². The molecule has 0 amide bonds. The van der Waals surface area contributed by atoms with Gasteiger partial charge >= 0.3 is 0 Å². The number of fused-ring (bicyclic) bond motifs is 1. The first kappa shape index (κ1) is 15.7. The molecule has 0 aliphatic carbocycles. The molecule has 0 aliphatic heterocycles. The minimum Gasteiger partial charge on any atom is -0.383 e. The Kier molecular flexibility index (Phi) is 4.22. The highest BCUT2D eigenvalue weighted by Gasteiger charge is 2.35. The summed E-state index contributed by atoms with van der Waals surface area (Å²) in [5.41, 5.74) is 9.49.